The monoisotopic (exact) mass is 220 g/mol. The van der Waals surface area contributed by atoms with Gasteiger partial charge in [0.2, 0.25) is 0 Å². The molecule has 0 bridgehead atoms. The van der Waals surface area contributed by atoms with Gasteiger partial charge in [0, 0.05) is 0 Å². The van der Waals surface area contributed by atoms with Gasteiger partial charge >= 0.3 is 0 Å². The molecule has 1 heteroatoms. The van der Waals surface area contributed by atoms with Crippen molar-refractivity contribution in [3.63, 3.8) is 0 Å². The predicted octanol–water partition coefficient (Wildman–Crippen LogP) is 4.04. The Morgan fingerprint density at radius 2 is 1.88 bits per heavy atom. The highest BCUT2D eigenvalue weighted by Gasteiger charge is 2.11. The summed E-state index contributed by atoms with van der Waals surface area (Å²) in [4.78, 5) is 0. The van der Waals surface area contributed by atoms with E-state index in [1.165, 1.54) is 11.1 Å². The number of aliphatic hydroxyl groups excluding tert-OH is 1. The average molecular weight is 220 g/mol. The lowest BCUT2D eigenvalue weighted by Gasteiger charge is -2.16. The number of hydrogen-bond donors (Lipinski definition) is 1. The highest BCUT2D eigenvalue weighted by molar-refractivity contribution is 5.33. The Kier molecular flexibility index (Phi) is 5.54. The molecular weight excluding hydrogens is 196 g/mol. The minimum Gasteiger partial charge on any atom is -0.388 e. The molecule has 0 aromatic heterocycles. The van der Waals surface area contributed by atoms with Crippen molar-refractivity contribution in [2.24, 2.45) is 0 Å². The number of aliphatic hydroxyl groups is 1. The molecule has 0 heterocycles. The van der Waals surface area contributed by atoms with Crippen LogP contribution in [0.3, 0.4) is 0 Å². The third-order valence-electron chi connectivity index (χ3n) is 3.19. The van der Waals surface area contributed by atoms with Gasteiger partial charge in [-0.05, 0) is 36.0 Å². The number of unbranched alkanes of at least 4 members (excludes halogenated alkanes) is 1. The molecule has 0 aliphatic carbocycles. The Bertz CT molecular complexity index is 317. The van der Waals surface area contributed by atoms with Crippen molar-refractivity contribution in [1.82, 2.24) is 0 Å². The van der Waals surface area contributed by atoms with Gasteiger partial charge in [-0.2, -0.15) is 0 Å². The largest absolute Gasteiger partial charge is 0.388 e. The molecule has 1 aromatic carbocycles. The molecule has 0 fully saturated rings. The quantitative estimate of drug-likeness (QED) is 0.767. The van der Waals surface area contributed by atoms with E-state index in [9.17, 15) is 5.11 Å². The third kappa shape index (κ3) is 3.34. The summed E-state index contributed by atoms with van der Waals surface area (Å²) in [6, 6.07) is 6.53. The normalized spacial score (nSPS) is 12.8. The molecule has 0 amide bonds. The average Bonchev–Trinajstić information content (AvgIpc) is 2.35. The standard InChI is InChI=1S/C15H24O/c1-4-7-8-15(16)14-11-12(5-2)9-10-13(14)6-3/h9-11,15-16H,4-8H2,1-3H3. The molecule has 90 valence electrons. The number of benzene rings is 1. The molecule has 1 aromatic rings. The van der Waals surface area contributed by atoms with Gasteiger partial charge in [0.05, 0.1) is 6.10 Å². The van der Waals surface area contributed by atoms with Crippen molar-refractivity contribution in [2.75, 3.05) is 0 Å². The van der Waals surface area contributed by atoms with Crippen LogP contribution in [0.4, 0.5) is 0 Å². The van der Waals surface area contributed by atoms with Crippen molar-refractivity contribution in [2.45, 2.75) is 59.0 Å². The van der Waals surface area contributed by atoms with E-state index in [0.717, 1.165) is 37.7 Å². The SMILES string of the molecule is CCCCC(O)c1cc(CC)ccc1CC. The lowest BCUT2D eigenvalue weighted by Crippen LogP contribution is -2.03. The van der Waals surface area contributed by atoms with Gasteiger partial charge in [-0.1, -0.05) is 51.8 Å². The minimum absolute atomic E-state index is 0.276. The molecule has 0 aliphatic heterocycles. The van der Waals surface area contributed by atoms with E-state index in [-0.39, 0.29) is 6.10 Å². The Hall–Kier alpha value is -0.820. The van der Waals surface area contributed by atoms with Crippen molar-refractivity contribution in [1.29, 1.82) is 0 Å². The van der Waals surface area contributed by atoms with Crippen LogP contribution < -0.4 is 0 Å². The number of aryl methyl sites for hydroxylation is 2. The van der Waals surface area contributed by atoms with E-state index in [2.05, 4.69) is 39.0 Å². The second-order valence-corrected chi connectivity index (χ2v) is 4.40. The van der Waals surface area contributed by atoms with Gasteiger partial charge in [-0.15, -0.1) is 0 Å². The van der Waals surface area contributed by atoms with Crippen LogP contribution in [0.15, 0.2) is 18.2 Å². The van der Waals surface area contributed by atoms with Crippen molar-refractivity contribution in [3.8, 4) is 0 Å². The summed E-state index contributed by atoms with van der Waals surface area (Å²) in [6.07, 6.45) is 4.89. The smallest absolute Gasteiger partial charge is 0.0792 e. The molecule has 1 unspecified atom stereocenters. The highest BCUT2D eigenvalue weighted by Crippen LogP contribution is 2.24. The number of rotatable bonds is 6. The molecule has 0 radical (unpaired) electrons. The fourth-order valence-corrected chi connectivity index (χ4v) is 2.05. The summed E-state index contributed by atoms with van der Waals surface area (Å²) in [5.74, 6) is 0. The zero-order valence-electron chi connectivity index (χ0n) is 10.8. The first kappa shape index (κ1) is 13.2. The molecular formula is C15H24O. The summed E-state index contributed by atoms with van der Waals surface area (Å²) in [7, 11) is 0. The van der Waals surface area contributed by atoms with Crippen LogP contribution in [0, 0.1) is 0 Å². The van der Waals surface area contributed by atoms with E-state index in [0.29, 0.717) is 0 Å². The minimum atomic E-state index is -0.276. The fourth-order valence-electron chi connectivity index (χ4n) is 2.05. The lowest BCUT2D eigenvalue weighted by atomic mass is 9.94. The maximum Gasteiger partial charge on any atom is 0.0792 e. The number of hydrogen-bond acceptors (Lipinski definition) is 1. The van der Waals surface area contributed by atoms with E-state index in [1.54, 1.807) is 0 Å². The first-order chi connectivity index (χ1) is 7.72. The van der Waals surface area contributed by atoms with Crippen molar-refractivity contribution < 1.29 is 5.11 Å². The molecule has 16 heavy (non-hydrogen) atoms. The van der Waals surface area contributed by atoms with E-state index < -0.39 is 0 Å². The highest BCUT2D eigenvalue weighted by atomic mass is 16.3. The van der Waals surface area contributed by atoms with Crippen LogP contribution in [-0.4, -0.2) is 5.11 Å². The maximum absolute atomic E-state index is 10.2. The van der Waals surface area contributed by atoms with E-state index in [4.69, 9.17) is 0 Å². The van der Waals surface area contributed by atoms with Gasteiger partial charge in [-0.25, -0.2) is 0 Å². The van der Waals surface area contributed by atoms with Crippen LogP contribution in [-0.2, 0) is 12.8 Å². The summed E-state index contributed by atoms with van der Waals surface area (Å²) in [5, 5.41) is 10.2. The topological polar surface area (TPSA) is 20.2 Å². The van der Waals surface area contributed by atoms with Crippen LogP contribution >= 0.6 is 0 Å². The Morgan fingerprint density at radius 3 is 2.44 bits per heavy atom. The molecule has 0 saturated heterocycles. The van der Waals surface area contributed by atoms with Crippen LogP contribution in [0.1, 0.15) is 62.8 Å². The van der Waals surface area contributed by atoms with Gasteiger partial charge in [0.15, 0.2) is 0 Å². The summed E-state index contributed by atoms with van der Waals surface area (Å²) < 4.78 is 0. The lowest BCUT2D eigenvalue weighted by molar-refractivity contribution is 0.163. The van der Waals surface area contributed by atoms with Gasteiger partial charge in [-0.3, -0.25) is 0 Å². The summed E-state index contributed by atoms with van der Waals surface area (Å²) in [5.41, 5.74) is 3.76. The zero-order valence-corrected chi connectivity index (χ0v) is 10.8. The molecule has 1 rings (SSSR count). The first-order valence-corrected chi connectivity index (χ1v) is 6.52. The Morgan fingerprint density at radius 1 is 1.12 bits per heavy atom. The van der Waals surface area contributed by atoms with Crippen LogP contribution in [0.5, 0.6) is 0 Å². The fraction of sp³-hybridized carbons (Fsp3) is 0.600. The molecule has 0 saturated carbocycles. The van der Waals surface area contributed by atoms with E-state index in [1.807, 2.05) is 0 Å². The van der Waals surface area contributed by atoms with Gasteiger partial charge < -0.3 is 5.11 Å². The van der Waals surface area contributed by atoms with Gasteiger partial charge in [0.25, 0.3) is 0 Å². The van der Waals surface area contributed by atoms with Crippen LogP contribution in [0.2, 0.25) is 0 Å². The zero-order chi connectivity index (χ0) is 12.0. The summed E-state index contributed by atoms with van der Waals surface area (Å²) in [6.45, 7) is 6.47. The molecule has 0 spiro atoms. The summed E-state index contributed by atoms with van der Waals surface area (Å²) >= 11 is 0. The molecule has 0 aliphatic rings. The predicted molar refractivity (Wildman–Crippen MR) is 69.7 cm³/mol. The van der Waals surface area contributed by atoms with E-state index >= 15 is 0 Å². The maximum atomic E-state index is 10.2. The third-order valence-corrected chi connectivity index (χ3v) is 3.19. The first-order valence-electron chi connectivity index (χ1n) is 6.52. The molecule has 1 nitrogen and oxygen atoms in total. The molecule has 1 N–H and O–H groups in total. The van der Waals surface area contributed by atoms with Gasteiger partial charge in [0.1, 0.15) is 0 Å². The van der Waals surface area contributed by atoms with Crippen molar-refractivity contribution in [3.05, 3.63) is 34.9 Å². The molecule has 1 atom stereocenters. The van der Waals surface area contributed by atoms with Crippen molar-refractivity contribution >= 4 is 0 Å². The second-order valence-electron chi connectivity index (χ2n) is 4.40. The van der Waals surface area contributed by atoms with Crippen LogP contribution in [0.25, 0.3) is 0 Å². The second kappa shape index (κ2) is 6.70. The Labute approximate surface area is 99.5 Å². The Balaban J connectivity index is 2.89.